The van der Waals surface area contributed by atoms with E-state index in [2.05, 4.69) is 4.98 Å². The number of nitrogens with one attached hydrogen (secondary N) is 1. The van der Waals surface area contributed by atoms with Crippen molar-refractivity contribution in [1.82, 2.24) is 4.98 Å². The van der Waals surface area contributed by atoms with Crippen LogP contribution in [0.1, 0.15) is 52.0 Å². The molecule has 1 aliphatic rings. The van der Waals surface area contributed by atoms with E-state index in [4.69, 9.17) is 23.7 Å². The number of hydrogen-bond donors (Lipinski definition) is 1. The Morgan fingerprint density at radius 3 is 2.51 bits per heavy atom. The molecule has 2 aromatic rings. The Morgan fingerprint density at radius 2 is 1.77 bits per heavy atom. The Balaban J connectivity index is 1.63. The molecule has 10 heteroatoms. The van der Waals surface area contributed by atoms with Crippen LogP contribution in [0.25, 0.3) is 10.9 Å². The largest absolute Gasteiger partial charge is 0.455 e. The molecular formula is C25H31NO9. The van der Waals surface area contributed by atoms with Crippen LogP contribution in [0.3, 0.4) is 0 Å². The van der Waals surface area contributed by atoms with Gasteiger partial charge in [-0.05, 0) is 25.0 Å². The van der Waals surface area contributed by atoms with Gasteiger partial charge in [-0.2, -0.15) is 0 Å². The van der Waals surface area contributed by atoms with Crippen molar-refractivity contribution in [3.8, 4) is 0 Å². The standard InChI is InChI=1S/C25H31NO9/c1-4-20(27)32-15(3)24(30)33-19-12-13-31-25(23(19)34-21(28)5-2)35-22(29)11-10-16-14-26-18-9-7-6-8-17(16)18/h6-9,14-15,19,23,25-26H,4-5,10-13H2,1-3H3/t15?,19-,23-,25+/m1/s1. The predicted octanol–water partition coefficient (Wildman–Crippen LogP) is 2.97. The summed E-state index contributed by atoms with van der Waals surface area (Å²) in [5.74, 6) is -2.44. The zero-order valence-electron chi connectivity index (χ0n) is 20.1. The third kappa shape index (κ3) is 7.05. The Kier molecular flexibility index (Phi) is 9.25. The number of hydrogen-bond acceptors (Lipinski definition) is 9. The number of aromatic nitrogens is 1. The summed E-state index contributed by atoms with van der Waals surface area (Å²) >= 11 is 0. The van der Waals surface area contributed by atoms with E-state index >= 15 is 0 Å². The number of rotatable bonds is 10. The Labute approximate surface area is 203 Å². The second-order valence-electron chi connectivity index (χ2n) is 8.15. The third-order valence-electron chi connectivity index (χ3n) is 5.59. The number of para-hydroxylation sites is 1. The normalized spacial score (nSPS) is 20.6. The smallest absolute Gasteiger partial charge is 0.347 e. The van der Waals surface area contributed by atoms with Gasteiger partial charge in [-0.25, -0.2) is 4.79 Å². The van der Waals surface area contributed by atoms with E-state index in [9.17, 15) is 19.2 Å². The van der Waals surface area contributed by atoms with Crippen LogP contribution in [0.5, 0.6) is 0 Å². The molecule has 1 aromatic heterocycles. The van der Waals surface area contributed by atoms with Crippen molar-refractivity contribution in [2.75, 3.05) is 6.61 Å². The lowest BCUT2D eigenvalue weighted by Gasteiger charge is -2.36. The van der Waals surface area contributed by atoms with Crippen molar-refractivity contribution >= 4 is 34.8 Å². The molecule has 1 fully saturated rings. The van der Waals surface area contributed by atoms with Crippen LogP contribution >= 0.6 is 0 Å². The second-order valence-corrected chi connectivity index (χ2v) is 8.15. The molecule has 0 spiro atoms. The molecule has 1 N–H and O–H groups in total. The minimum absolute atomic E-state index is 0.0723. The zero-order valence-corrected chi connectivity index (χ0v) is 20.1. The molecule has 35 heavy (non-hydrogen) atoms. The highest BCUT2D eigenvalue weighted by atomic mass is 16.7. The Morgan fingerprint density at radius 1 is 1.03 bits per heavy atom. The van der Waals surface area contributed by atoms with Gasteiger partial charge in [0.2, 0.25) is 12.4 Å². The highest BCUT2D eigenvalue weighted by molar-refractivity contribution is 5.83. The van der Waals surface area contributed by atoms with E-state index in [0.717, 1.165) is 16.5 Å². The van der Waals surface area contributed by atoms with Crippen LogP contribution in [0.2, 0.25) is 0 Å². The molecule has 1 aromatic carbocycles. The molecule has 1 unspecified atom stereocenters. The number of carbonyl (C=O) groups is 4. The molecule has 0 bridgehead atoms. The summed E-state index contributed by atoms with van der Waals surface area (Å²) in [6.45, 7) is 4.73. The first-order valence-corrected chi connectivity index (χ1v) is 11.8. The van der Waals surface area contributed by atoms with Gasteiger partial charge >= 0.3 is 23.9 Å². The summed E-state index contributed by atoms with van der Waals surface area (Å²) in [5.41, 5.74) is 1.94. The minimum Gasteiger partial charge on any atom is -0.455 e. The van der Waals surface area contributed by atoms with Crippen LogP contribution in [-0.4, -0.2) is 60.1 Å². The number of benzene rings is 1. The fourth-order valence-corrected chi connectivity index (χ4v) is 3.67. The summed E-state index contributed by atoms with van der Waals surface area (Å²) in [6, 6.07) is 7.76. The minimum atomic E-state index is -1.24. The molecule has 190 valence electrons. The maximum absolute atomic E-state index is 12.6. The predicted molar refractivity (Wildman–Crippen MR) is 123 cm³/mol. The van der Waals surface area contributed by atoms with Crippen LogP contribution in [0, 0.1) is 0 Å². The summed E-state index contributed by atoms with van der Waals surface area (Å²) in [6.07, 6.45) is -1.68. The highest BCUT2D eigenvalue weighted by Gasteiger charge is 2.42. The van der Waals surface area contributed by atoms with Gasteiger partial charge < -0.3 is 28.7 Å². The first kappa shape index (κ1) is 26.2. The van der Waals surface area contributed by atoms with Gasteiger partial charge in [0.25, 0.3) is 0 Å². The monoisotopic (exact) mass is 489 g/mol. The lowest BCUT2D eigenvalue weighted by Crippen LogP contribution is -2.51. The van der Waals surface area contributed by atoms with Gasteiger partial charge in [0.1, 0.15) is 6.10 Å². The van der Waals surface area contributed by atoms with E-state index in [0.29, 0.717) is 6.42 Å². The van der Waals surface area contributed by atoms with Crippen molar-refractivity contribution in [1.29, 1.82) is 0 Å². The topological polar surface area (TPSA) is 130 Å². The first-order valence-electron chi connectivity index (χ1n) is 11.8. The van der Waals surface area contributed by atoms with Crippen LogP contribution in [0.15, 0.2) is 30.5 Å². The molecule has 4 atom stereocenters. The number of ether oxygens (including phenoxy) is 5. The van der Waals surface area contributed by atoms with E-state index in [1.54, 1.807) is 13.8 Å². The number of aryl methyl sites for hydroxylation is 1. The van der Waals surface area contributed by atoms with Crippen LogP contribution in [-0.2, 0) is 49.3 Å². The average molecular weight is 490 g/mol. The number of aromatic amines is 1. The summed E-state index contributed by atoms with van der Waals surface area (Å²) < 4.78 is 26.9. The lowest BCUT2D eigenvalue weighted by molar-refractivity contribution is -0.252. The van der Waals surface area contributed by atoms with Crippen molar-refractivity contribution in [2.45, 2.75) is 77.5 Å². The van der Waals surface area contributed by atoms with Gasteiger partial charge in [-0.15, -0.1) is 0 Å². The quantitative estimate of drug-likeness (QED) is 0.395. The van der Waals surface area contributed by atoms with Gasteiger partial charge in [0.15, 0.2) is 6.10 Å². The lowest BCUT2D eigenvalue weighted by atomic mass is 10.1. The second kappa shape index (κ2) is 12.3. The SMILES string of the molecule is CCC(=O)OC(C)C(=O)O[C@@H]1CCO[C@@H](OC(=O)CCc2c[nH]c3ccccc23)[C@@H]1OC(=O)CC. The number of esters is 4. The third-order valence-corrected chi connectivity index (χ3v) is 5.59. The van der Waals surface area contributed by atoms with Crippen molar-refractivity contribution < 1.29 is 42.9 Å². The van der Waals surface area contributed by atoms with E-state index in [1.807, 2.05) is 30.5 Å². The van der Waals surface area contributed by atoms with Crippen molar-refractivity contribution in [3.05, 3.63) is 36.0 Å². The molecule has 10 nitrogen and oxygen atoms in total. The van der Waals surface area contributed by atoms with Gasteiger partial charge in [0, 0.05) is 42.8 Å². The molecule has 0 aliphatic carbocycles. The van der Waals surface area contributed by atoms with E-state index < -0.39 is 48.5 Å². The molecule has 1 aliphatic heterocycles. The summed E-state index contributed by atoms with van der Waals surface area (Å²) in [7, 11) is 0. The highest BCUT2D eigenvalue weighted by Crippen LogP contribution is 2.25. The number of fused-ring (bicyclic) bond motifs is 1. The number of carbonyl (C=O) groups excluding carboxylic acids is 4. The van der Waals surface area contributed by atoms with Crippen molar-refractivity contribution in [2.24, 2.45) is 0 Å². The first-order chi connectivity index (χ1) is 16.8. The maximum Gasteiger partial charge on any atom is 0.347 e. The molecule has 0 amide bonds. The summed E-state index contributed by atoms with van der Waals surface area (Å²) in [5, 5.41) is 1.02. The molecule has 0 radical (unpaired) electrons. The average Bonchev–Trinajstić information content (AvgIpc) is 3.27. The zero-order chi connectivity index (χ0) is 25.4. The fraction of sp³-hybridized carbons (Fsp3) is 0.520. The van der Waals surface area contributed by atoms with Gasteiger partial charge in [-0.3, -0.25) is 14.4 Å². The van der Waals surface area contributed by atoms with Gasteiger partial charge in [0.05, 0.1) is 6.61 Å². The van der Waals surface area contributed by atoms with Crippen LogP contribution in [0.4, 0.5) is 0 Å². The molecular weight excluding hydrogens is 458 g/mol. The van der Waals surface area contributed by atoms with Gasteiger partial charge in [-0.1, -0.05) is 32.0 Å². The molecule has 3 rings (SSSR count). The molecule has 0 saturated carbocycles. The maximum atomic E-state index is 12.6. The van der Waals surface area contributed by atoms with Crippen LogP contribution < -0.4 is 0 Å². The number of H-pyrrole nitrogens is 1. The van der Waals surface area contributed by atoms with E-state index in [1.165, 1.54) is 6.92 Å². The fourth-order valence-electron chi connectivity index (χ4n) is 3.67. The Hall–Kier alpha value is -3.40. The summed E-state index contributed by atoms with van der Waals surface area (Å²) in [4.78, 5) is 51.7. The Bertz CT molecular complexity index is 1050. The van der Waals surface area contributed by atoms with E-state index in [-0.39, 0.29) is 32.3 Å². The van der Waals surface area contributed by atoms with Crippen molar-refractivity contribution in [3.63, 3.8) is 0 Å². The molecule has 1 saturated heterocycles. The molecule has 2 heterocycles.